The van der Waals surface area contributed by atoms with E-state index in [0.717, 1.165) is 23.1 Å². The largest absolute Gasteiger partial charge is 0.301 e. The van der Waals surface area contributed by atoms with Gasteiger partial charge in [0.25, 0.3) is 0 Å². The molecule has 1 unspecified atom stereocenters. The van der Waals surface area contributed by atoms with Gasteiger partial charge in [0.15, 0.2) is 4.34 Å². The molecule has 0 amide bonds. The van der Waals surface area contributed by atoms with Gasteiger partial charge >= 0.3 is 0 Å². The lowest BCUT2D eigenvalue weighted by Crippen LogP contribution is -2.30. The van der Waals surface area contributed by atoms with E-state index in [0.29, 0.717) is 0 Å². The molecule has 4 nitrogen and oxygen atoms in total. The van der Waals surface area contributed by atoms with Crippen molar-refractivity contribution in [2.24, 2.45) is 0 Å². The van der Waals surface area contributed by atoms with E-state index in [1.807, 2.05) is 0 Å². The number of hydrogen-bond acceptors (Lipinski definition) is 6. The molecule has 0 aliphatic rings. The summed E-state index contributed by atoms with van der Waals surface area (Å²) in [5.74, 6) is 0.728. The van der Waals surface area contributed by atoms with Crippen LogP contribution in [0, 0.1) is 11.3 Å². The Hall–Kier alpha value is -0.640. The summed E-state index contributed by atoms with van der Waals surface area (Å²) in [7, 11) is 0. The first-order valence-electron chi connectivity index (χ1n) is 4.38. The van der Waals surface area contributed by atoms with Crippen molar-refractivity contribution in [2.45, 2.75) is 23.7 Å². The molecule has 1 N–H and O–H groups in total. The van der Waals surface area contributed by atoms with Crippen LogP contribution in [0.25, 0.3) is 0 Å². The summed E-state index contributed by atoms with van der Waals surface area (Å²) < 4.78 is 0.920. The first kappa shape index (κ1) is 11.4. The minimum atomic E-state index is -0.0937. The fourth-order valence-corrected chi connectivity index (χ4v) is 2.33. The van der Waals surface area contributed by atoms with Crippen LogP contribution in [0.15, 0.2) is 9.85 Å². The van der Waals surface area contributed by atoms with Crippen molar-refractivity contribution in [3.63, 3.8) is 0 Å². The summed E-state index contributed by atoms with van der Waals surface area (Å²) >= 11 is 3.07. The van der Waals surface area contributed by atoms with Crippen LogP contribution in [0.4, 0.5) is 0 Å². The number of hydrogen-bond donors (Lipinski definition) is 1. The SMILES string of the molecule is CCCNC(C#N)CSc1nncs1. The van der Waals surface area contributed by atoms with Gasteiger partial charge in [0.1, 0.15) is 11.6 Å². The maximum absolute atomic E-state index is 8.82. The molecule has 0 aromatic carbocycles. The zero-order chi connectivity index (χ0) is 10.2. The second-order valence-corrected chi connectivity index (χ2v) is 4.75. The Morgan fingerprint density at radius 1 is 1.79 bits per heavy atom. The van der Waals surface area contributed by atoms with Gasteiger partial charge in [0.2, 0.25) is 0 Å². The third-order valence-electron chi connectivity index (χ3n) is 1.51. The normalized spacial score (nSPS) is 12.3. The third kappa shape index (κ3) is 4.05. The predicted molar refractivity (Wildman–Crippen MR) is 58.3 cm³/mol. The van der Waals surface area contributed by atoms with E-state index in [-0.39, 0.29) is 6.04 Å². The molecule has 0 radical (unpaired) electrons. The van der Waals surface area contributed by atoms with Crippen molar-refractivity contribution >= 4 is 23.1 Å². The van der Waals surface area contributed by atoms with Gasteiger partial charge in [-0.25, -0.2) is 0 Å². The standard InChI is InChI=1S/C8H12N4S2/c1-2-3-10-7(4-9)5-13-8-12-11-6-14-8/h6-7,10H,2-3,5H2,1H3. The Balaban J connectivity index is 2.25. The van der Waals surface area contributed by atoms with E-state index < -0.39 is 0 Å². The first-order chi connectivity index (χ1) is 6.86. The molecule has 1 aromatic rings. The predicted octanol–water partition coefficient (Wildman–Crippen LogP) is 1.52. The number of nitrogens with one attached hydrogen (secondary N) is 1. The van der Waals surface area contributed by atoms with Gasteiger partial charge in [-0.3, -0.25) is 0 Å². The molecule has 6 heteroatoms. The van der Waals surface area contributed by atoms with Gasteiger partial charge in [-0.05, 0) is 13.0 Å². The zero-order valence-electron chi connectivity index (χ0n) is 7.93. The number of rotatable bonds is 6. The number of thioether (sulfide) groups is 1. The van der Waals surface area contributed by atoms with Gasteiger partial charge in [0.05, 0.1) is 6.07 Å². The summed E-state index contributed by atoms with van der Waals surface area (Å²) in [5, 5.41) is 19.6. The molecule has 14 heavy (non-hydrogen) atoms. The second kappa shape index (κ2) is 6.76. The minimum absolute atomic E-state index is 0.0937. The highest BCUT2D eigenvalue weighted by Crippen LogP contribution is 2.19. The minimum Gasteiger partial charge on any atom is -0.301 e. The van der Waals surface area contributed by atoms with Crippen molar-refractivity contribution in [1.29, 1.82) is 5.26 Å². The second-order valence-electron chi connectivity index (χ2n) is 2.65. The Morgan fingerprint density at radius 3 is 3.21 bits per heavy atom. The smallest absolute Gasteiger partial charge is 0.174 e. The number of aromatic nitrogens is 2. The van der Waals surface area contributed by atoms with Gasteiger partial charge < -0.3 is 5.32 Å². The van der Waals surface area contributed by atoms with Gasteiger partial charge in [-0.2, -0.15) is 5.26 Å². The lowest BCUT2D eigenvalue weighted by Gasteiger charge is -2.08. The molecule has 1 aromatic heterocycles. The van der Waals surface area contributed by atoms with Crippen molar-refractivity contribution in [3.8, 4) is 6.07 Å². The molecule has 0 spiro atoms. The summed E-state index contributed by atoms with van der Waals surface area (Å²) in [5.41, 5.74) is 1.70. The van der Waals surface area contributed by atoms with E-state index in [1.165, 1.54) is 11.3 Å². The molecule has 1 heterocycles. The molecule has 0 fully saturated rings. The van der Waals surface area contributed by atoms with Crippen LogP contribution in [-0.2, 0) is 0 Å². The van der Waals surface area contributed by atoms with Crippen LogP contribution < -0.4 is 5.32 Å². The van der Waals surface area contributed by atoms with E-state index in [9.17, 15) is 0 Å². The average molecular weight is 228 g/mol. The number of nitriles is 1. The molecule has 0 bridgehead atoms. The quantitative estimate of drug-likeness (QED) is 0.748. The molecule has 0 saturated carbocycles. The highest BCUT2D eigenvalue weighted by molar-refractivity contribution is 8.01. The summed E-state index contributed by atoms with van der Waals surface area (Å²) in [6, 6.07) is 2.13. The van der Waals surface area contributed by atoms with Crippen molar-refractivity contribution in [2.75, 3.05) is 12.3 Å². The van der Waals surface area contributed by atoms with Gasteiger partial charge in [0, 0.05) is 5.75 Å². The maximum Gasteiger partial charge on any atom is 0.174 e. The third-order valence-corrected chi connectivity index (χ3v) is 3.46. The molecular formula is C8H12N4S2. The topological polar surface area (TPSA) is 61.6 Å². The van der Waals surface area contributed by atoms with Crippen LogP contribution >= 0.6 is 23.1 Å². The summed E-state index contributed by atoms with van der Waals surface area (Å²) in [4.78, 5) is 0. The molecule has 0 aliphatic carbocycles. The van der Waals surface area contributed by atoms with Crippen LogP contribution in [0.1, 0.15) is 13.3 Å². The Kier molecular flexibility index (Phi) is 5.52. The van der Waals surface area contributed by atoms with Crippen LogP contribution in [0.3, 0.4) is 0 Å². The molecule has 0 saturated heterocycles. The van der Waals surface area contributed by atoms with E-state index in [2.05, 4.69) is 28.5 Å². The van der Waals surface area contributed by atoms with E-state index >= 15 is 0 Å². The Bertz CT molecular complexity index is 280. The van der Waals surface area contributed by atoms with Crippen LogP contribution in [-0.4, -0.2) is 28.5 Å². The van der Waals surface area contributed by atoms with Crippen LogP contribution in [0.5, 0.6) is 0 Å². The highest BCUT2D eigenvalue weighted by Gasteiger charge is 2.07. The molecule has 76 valence electrons. The van der Waals surface area contributed by atoms with E-state index in [4.69, 9.17) is 5.26 Å². The van der Waals surface area contributed by atoms with Crippen molar-refractivity contribution in [1.82, 2.24) is 15.5 Å². The molecule has 0 aliphatic heterocycles. The van der Waals surface area contributed by atoms with Gasteiger partial charge in [-0.15, -0.1) is 10.2 Å². The summed E-state index contributed by atoms with van der Waals surface area (Å²) in [6.07, 6.45) is 1.04. The van der Waals surface area contributed by atoms with E-state index in [1.54, 1.807) is 17.3 Å². The van der Waals surface area contributed by atoms with Crippen LogP contribution in [0.2, 0.25) is 0 Å². The molecular weight excluding hydrogens is 216 g/mol. The molecule has 1 atom stereocenters. The zero-order valence-corrected chi connectivity index (χ0v) is 9.57. The van der Waals surface area contributed by atoms with Gasteiger partial charge in [-0.1, -0.05) is 30.0 Å². The fourth-order valence-electron chi connectivity index (χ4n) is 0.841. The lowest BCUT2D eigenvalue weighted by molar-refractivity contribution is 0.637. The number of nitrogens with zero attached hydrogens (tertiary/aromatic N) is 3. The Labute approximate surface area is 91.7 Å². The molecule has 1 rings (SSSR count). The fraction of sp³-hybridized carbons (Fsp3) is 0.625. The average Bonchev–Trinajstić information content (AvgIpc) is 2.71. The monoisotopic (exact) mass is 228 g/mol. The summed E-state index contributed by atoms with van der Waals surface area (Å²) in [6.45, 7) is 2.97. The maximum atomic E-state index is 8.82. The van der Waals surface area contributed by atoms with Crippen molar-refractivity contribution < 1.29 is 0 Å². The Morgan fingerprint density at radius 2 is 2.64 bits per heavy atom. The first-order valence-corrected chi connectivity index (χ1v) is 6.25. The van der Waals surface area contributed by atoms with Crippen molar-refractivity contribution in [3.05, 3.63) is 5.51 Å². The lowest BCUT2D eigenvalue weighted by atomic mass is 10.3. The highest BCUT2D eigenvalue weighted by atomic mass is 32.2.